The molecule has 3 aromatic rings. The lowest BCUT2D eigenvalue weighted by Crippen LogP contribution is -2.40. The molecule has 3 heterocycles. The van der Waals surface area contributed by atoms with Crippen molar-refractivity contribution in [2.75, 3.05) is 18.4 Å². The first-order valence-electron chi connectivity index (χ1n) is 15.2. The molecule has 12 heteroatoms. The van der Waals surface area contributed by atoms with Crippen LogP contribution in [0.4, 0.5) is 5.82 Å². The normalized spacial score (nSPS) is 16.0. The van der Waals surface area contributed by atoms with Gasteiger partial charge in [-0.2, -0.15) is 0 Å². The molecule has 0 bridgehead atoms. The Morgan fingerprint density at radius 3 is 2.64 bits per heavy atom. The SMILES string of the molecule is CCCCC1=NC2(CCCC2)C(=O)N1Cc1ccc(-c2ncccc2S(=O)(=O)Nc2ncc(C)nc2OC)c(COCC)c1. The molecule has 1 aliphatic carbocycles. The van der Waals surface area contributed by atoms with Crippen molar-refractivity contribution in [3.05, 3.63) is 59.5 Å². The maximum Gasteiger partial charge on any atom is 0.265 e. The van der Waals surface area contributed by atoms with Crippen molar-refractivity contribution in [3.63, 3.8) is 0 Å². The minimum atomic E-state index is -4.14. The molecule has 0 atom stereocenters. The average molecular weight is 621 g/mol. The second-order valence-electron chi connectivity index (χ2n) is 11.2. The van der Waals surface area contributed by atoms with Gasteiger partial charge in [0.1, 0.15) is 16.3 Å². The van der Waals surface area contributed by atoms with E-state index in [4.69, 9.17) is 14.5 Å². The maximum atomic E-state index is 13.7. The van der Waals surface area contributed by atoms with E-state index in [9.17, 15) is 13.2 Å². The Labute approximate surface area is 259 Å². The van der Waals surface area contributed by atoms with Gasteiger partial charge in [0.2, 0.25) is 5.82 Å². The van der Waals surface area contributed by atoms with Crippen LogP contribution in [0.5, 0.6) is 5.88 Å². The molecule has 11 nitrogen and oxygen atoms in total. The first-order chi connectivity index (χ1) is 21.2. The minimum Gasteiger partial charge on any atom is -0.478 e. The number of ether oxygens (including phenoxy) is 2. The highest BCUT2D eigenvalue weighted by molar-refractivity contribution is 7.92. The van der Waals surface area contributed by atoms with Gasteiger partial charge in [-0.3, -0.25) is 24.4 Å². The number of hydrogen-bond acceptors (Lipinski definition) is 9. The Hall–Kier alpha value is -3.90. The molecule has 0 saturated heterocycles. The molecular weight excluding hydrogens is 580 g/mol. The molecule has 2 aliphatic rings. The van der Waals surface area contributed by atoms with E-state index in [2.05, 4.69) is 26.6 Å². The van der Waals surface area contributed by atoms with Crippen LogP contribution in [0.2, 0.25) is 0 Å². The fraction of sp³-hybridized carbons (Fsp3) is 0.469. The van der Waals surface area contributed by atoms with E-state index in [0.717, 1.165) is 61.9 Å². The number of nitrogens with zero attached hydrogens (tertiary/aromatic N) is 5. The van der Waals surface area contributed by atoms with E-state index in [0.29, 0.717) is 24.4 Å². The molecule has 1 aromatic carbocycles. The molecule has 0 unspecified atom stereocenters. The average Bonchev–Trinajstić information content (AvgIpc) is 3.60. The van der Waals surface area contributed by atoms with Gasteiger partial charge in [0.25, 0.3) is 21.8 Å². The summed E-state index contributed by atoms with van der Waals surface area (Å²) in [5.41, 5.74) is 2.55. The van der Waals surface area contributed by atoms with Crippen molar-refractivity contribution in [1.29, 1.82) is 0 Å². The summed E-state index contributed by atoms with van der Waals surface area (Å²) >= 11 is 0. The molecule has 234 valence electrons. The fourth-order valence-corrected chi connectivity index (χ4v) is 7.03. The van der Waals surface area contributed by atoms with Gasteiger partial charge in [-0.1, -0.05) is 44.4 Å². The zero-order valence-electron chi connectivity index (χ0n) is 25.8. The number of amidine groups is 1. The summed E-state index contributed by atoms with van der Waals surface area (Å²) < 4.78 is 40.9. The number of rotatable bonds is 13. The second-order valence-corrected chi connectivity index (χ2v) is 12.9. The fourth-order valence-electron chi connectivity index (χ4n) is 5.85. The van der Waals surface area contributed by atoms with E-state index < -0.39 is 15.6 Å². The van der Waals surface area contributed by atoms with Crippen LogP contribution in [0.3, 0.4) is 0 Å². The molecule has 1 amide bonds. The van der Waals surface area contributed by atoms with Gasteiger partial charge >= 0.3 is 0 Å². The lowest BCUT2D eigenvalue weighted by Gasteiger charge is -2.23. The number of aryl methyl sites for hydroxylation is 1. The second kappa shape index (κ2) is 13.4. The zero-order valence-corrected chi connectivity index (χ0v) is 26.6. The zero-order chi connectivity index (χ0) is 31.3. The number of aliphatic imine (C=N–C) groups is 1. The number of anilines is 1. The van der Waals surface area contributed by atoms with Crippen LogP contribution in [0.1, 0.15) is 75.6 Å². The van der Waals surface area contributed by atoms with Gasteiger partial charge in [0.15, 0.2) is 0 Å². The number of carbonyl (C=O) groups excluding carboxylic acids is 1. The Morgan fingerprint density at radius 2 is 1.91 bits per heavy atom. The molecule has 2 aromatic heterocycles. The van der Waals surface area contributed by atoms with Crippen molar-refractivity contribution in [1.82, 2.24) is 19.9 Å². The van der Waals surface area contributed by atoms with Gasteiger partial charge in [-0.25, -0.2) is 18.4 Å². The Morgan fingerprint density at radius 1 is 1.11 bits per heavy atom. The number of nitrogens with one attached hydrogen (secondary N) is 1. The summed E-state index contributed by atoms with van der Waals surface area (Å²) in [6.45, 7) is 6.89. The molecule has 1 fully saturated rings. The van der Waals surface area contributed by atoms with Crippen LogP contribution in [0, 0.1) is 6.92 Å². The first kappa shape index (κ1) is 31.5. The van der Waals surface area contributed by atoms with Crippen LogP contribution >= 0.6 is 0 Å². The Kier molecular flexibility index (Phi) is 9.59. The molecular formula is C32H40N6O5S. The number of pyridine rings is 1. The van der Waals surface area contributed by atoms with Crippen LogP contribution in [-0.4, -0.2) is 59.3 Å². The van der Waals surface area contributed by atoms with E-state index in [1.54, 1.807) is 19.2 Å². The van der Waals surface area contributed by atoms with Crippen molar-refractivity contribution < 1.29 is 22.7 Å². The van der Waals surface area contributed by atoms with Gasteiger partial charge in [0, 0.05) is 24.8 Å². The quantitative estimate of drug-likeness (QED) is 0.267. The van der Waals surface area contributed by atoms with Crippen LogP contribution in [-0.2, 0) is 32.7 Å². The Bertz CT molecular complexity index is 1650. The molecule has 1 N–H and O–H groups in total. The third-order valence-electron chi connectivity index (χ3n) is 8.06. The summed E-state index contributed by atoms with van der Waals surface area (Å²) in [7, 11) is -2.74. The minimum absolute atomic E-state index is 0.0198. The van der Waals surface area contributed by atoms with E-state index >= 15 is 0 Å². The Balaban J connectivity index is 1.49. The molecule has 0 radical (unpaired) electrons. The monoisotopic (exact) mass is 620 g/mol. The molecule has 1 aliphatic heterocycles. The number of hydrogen-bond donors (Lipinski definition) is 1. The molecule has 5 rings (SSSR count). The summed E-state index contributed by atoms with van der Waals surface area (Å²) in [4.78, 5) is 33.4. The molecule has 44 heavy (non-hydrogen) atoms. The van der Waals surface area contributed by atoms with Crippen LogP contribution in [0.25, 0.3) is 11.3 Å². The summed E-state index contributed by atoms with van der Waals surface area (Å²) in [5.74, 6) is 1.01. The lowest BCUT2D eigenvalue weighted by atomic mass is 9.97. The van der Waals surface area contributed by atoms with Crippen molar-refractivity contribution in [2.45, 2.75) is 89.3 Å². The topological polar surface area (TPSA) is 136 Å². The number of methoxy groups -OCH3 is 1. The lowest BCUT2D eigenvalue weighted by molar-refractivity contribution is -0.131. The number of sulfonamides is 1. The number of benzene rings is 1. The summed E-state index contributed by atoms with van der Waals surface area (Å²) in [5, 5.41) is 0. The molecule has 1 spiro atoms. The van der Waals surface area contributed by atoms with E-state index in [1.165, 1.54) is 19.4 Å². The smallest absolute Gasteiger partial charge is 0.265 e. The van der Waals surface area contributed by atoms with Crippen molar-refractivity contribution in [3.8, 4) is 17.1 Å². The highest BCUT2D eigenvalue weighted by Gasteiger charge is 2.49. The summed E-state index contributed by atoms with van der Waals surface area (Å²) in [6, 6.07) is 8.82. The third-order valence-corrected chi connectivity index (χ3v) is 9.43. The number of amides is 1. The predicted octanol–water partition coefficient (Wildman–Crippen LogP) is 5.44. The third kappa shape index (κ3) is 6.46. The first-order valence-corrected chi connectivity index (χ1v) is 16.7. The van der Waals surface area contributed by atoms with E-state index in [1.807, 2.05) is 30.0 Å². The highest BCUT2D eigenvalue weighted by atomic mass is 32.2. The summed E-state index contributed by atoms with van der Waals surface area (Å²) in [6.07, 6.45) is 9.42. The highest BCUT2D eigenvalue weighted by Crippen LogP contribution is 2.40. The van der Waals surface area contributed by atoms with Crippen LogP contribution in [0.15, 0.2) is 52.6 Å². The van der Waals surface area contributed by atoms with Crippen molar-refractivity contribution in [2.24, 2.45) is 4.99 Å². The number of unbranched alkanes of at least 4 members (excludes halogenated alkanes) is 1. The van der Waals surface area contributed by atoms with Gasteiger partial charge in [-0.15, -0.1) is 0 Å². The van der Waals surface area contributed by atoms with Gasteiger partial charge in [0.05, 0.1) is 37.8 Å². The van der Waals surface area contributed by atoms with Crippen LogP contribution < -0.4 is 9.46 Å². The van der Waals surface area contributed by atoms with Gasteiger partial charge in [-0.05, 0) is 56.4 Å². The van der Waals surface area contributed by atoms with E-state index in [-0.39, 0.29) is 34.8 Å². The number of aromatic nitrogens is 3. The standard InChI is InChI=1S/C32H40N6O5S/c1-5-7-12-27-36-32(15-8-9-16-32)31(39)38(27)20-23-13-14-25(24(18-23)21-43-6-2)28-26(11-10-17-33-28)44(40,41)37-29-30(42-4)35-22(3)19-34-29/h10-11,13-14,17-19H,5-9,12,15-16,20-21H2,1-4H3,(H,34,37). The number of carbonyl (C=O) groups is 1. The van der Waals surface area contributed by atoms with Gasteiger partial charge < -0.3 is 9.47 Å². The largest absolute Gasteiger partial charge is 0.478 e. The van der Waals surface area contributed by atoms with Crippen molar-refractivity contribution >= 4 is 27.6 Å². The maximum absolute atomic E-state index is 13.7. The molecule has 1 saturated carbocycles. The predicted molar refractivity (Wildman–Crippen MR) is 168 cm³/mol.